The second-order valence-corrected chi connectivity index (χ2v) is 4.97. The molecule has 2 aliphatic rings. The molecule has 1 atom stereocenters. The zero-order valence-electron chi connectivity index (χ0n) is 10.3. The van der Waals surface area contributed by atoms with Crippen molar-refractivity contribution in [2.75, 3.05) is 32.7 Å². The van der Waals surface area contributed by atoms with Crippen molar-refractivity contribution >= 4 is 5.96 Å². The van der Waals surface area contributed by atoms with Crippen LogP contribution in [0.2, 0.25) is 0 Å². The van der Waals surface area contributed by atoms with Gasteiger partial charge in [-0.05, 0) is 19.3 Å². The molecule has 2 heterocycles. The SMILES string of the molecule is NC(=NC1CCN(CC(F)(F)F)C1)N1CCCC1. The van der Waals surface area contributed by atoms with Crippen molar-refractivity contribution < 1.29 is 13.2 Å². The van der Waals surface area contributed by atoms with Crippen LogP contribution >= 0.6 is 0 Å². The highest BCUT2D eigenvalue weighted by molar-refractivity contribution is 5.78. The van der Waals surface area contributed by atoms with Gasteiger partial charge in [-0.3, -0.25) is 4.90 Å². The molecule has 0 bridgehead atoms. The van der Waals surface area contributed by atoms with Gasteiger partial charge in [-0.25, -0.2) is 4.99 Å². The van der Waals surface area contributed by atoms with Gasteiger partial charge in [-0.2, -0.15) is 13.2 Å². The summed E-state index contributed by atoms with van der Waals surface area (Å²) in [6.07, 6.45) is -1.24. The zero-order valence-corrected chi connectivity index (χ0v) is 10.3. The minimum Gasteiger partial charge on any atom is -0.370 e. The lowest BCUT2D eigenvalue weighted by molar-refractivity contribution is -0.143. The van der Waals surface area contributed by atoms with E-state index in [1.54, 1.807) is 0 Å². The largest absolute Gasteiger partial charge is 0.401 e. The van der Waals surface area contributed by atoms with Gasteiger partial charge in [0.15, 0.2) is 5.96 Å². The summed E-state index contributed by atoms with van der Waals surface area (Å²) >= 11 is 0. The van der Waals surface area contributed by atoms with Crippen LogP contribution in [0.25, 0.3) is 0 Å². The monoisotopic (exact) mass is 264 g/mol. The van der Waals surface area contributed by atoms with E-state index in [-0.39, 0.29) is 6.04 Å². The van der Waals surface area contributed by atoms with Crippen molar-refractivity contribution in [3.8, 4) is 0 Å². The topological polar surface area (TPSA) is 44.9 Å². The Kier molecular flexibility index (Phi) is 3.99. The molecule has 2 aliphatic heterocycles. The molecule has 7 heteroatoms. The first-order chi connectivity index (χ1) is 8.44. The van der Waals surface area contributed by atoms with Crippen LogP contribution in [-0.4, -0.2) is 60.7 Å². The number of hydrogen-bond acceptors (Lipinski definition) is 2. The quantitative estimate of drug-likeness (QED) is 0.598. The second-order valence-electron chi connectivity index (χ2n) is 4.97. The van der Waals surface area contributed by atoms with Crippen molar-refractivity contribution in [3.05, 3.63) is 0 Å². The minimum absolute atomic E-state index is 0.0899. The molecule has 0 aromatic heterocycles. The second kappa shape index (κ2) is 5.34. The number of halogens is 3. The van der Waals surface area contributed by atoms with Gasteiger partial charge < -0.3 is 10.6 Å². The van der Waals surface area contributed by atoms with E-state index in [1.165, 1.54) is 4.90 Å². The predicted molar refractivity (Wildman–Crippen MR) is 63.3 cm³/mol. The van der Waals surface area contributed by atoms with Gasteiger partial charge in [0.05, 0.1) is 12.6 Å². The highest BCUT2D eigenvalue weighted by Crippen LogP contribution is 2.21. The summed E-state index contributed by atoms with van der Waals surface area (Å²) < 4.78 is 36.7. The standard InChI is InChI=1S/C11H19F3N4/c12-11(13,14)8-17-6-3-9(7-17)16-10(15)18-4-1-2-5-18/h9H,1-8H2,(H2,15,16). The average molecular weight is 264 g/mol. The fraction of sp³-hybridized carbons (Fsp3) is 0.909. The van der Waals surface area contributed by atoms with Crippen LogP contribution in [0.4, 0.5) is 13.2 Å². The minimum atomic E-state index is -4.13. The van der Waals surface area contributed by atoms with Crippen LogP contribution in [0.5, 0.6) is 0 Å². The van der Waals surface area contributed by atoms with Gasteiger partial charge in [-0.15, -0.1) is 0 Å². The van der Waals surface area contributed by atoms with E-state index in [0.29, 0.717) is 25.5 Å². The number of aliphatic imine (C=N–C) groups is 1. The first-order valence-corrected chi connectivity index (χ1v) is 6.31. The van der Waals surface area contributed by atoms with Gasteiger partial charge in [0.25, 0.3) is 0 Å². The Labute approximate surface area is 105 Å². The highest BCUT2D eigenvalue weighted by Gasteiger charge is 2.34. The average Bonchev–Trinajstić information content (AvgIpc) is 2.86. The molecule has 1 unspecified atom stereocenters. The Morgan fingerprint density at radius 1 is 1.22 bits per heavy atom. The fourth-order valence-corrected chi connectivity index (χ4v) is 2.53. The van der Waals surface area contributed by atoms with Crippen molar-refractivity contribution in [1.29, 1.82) is 0 Å². The molecule has 18 heavy (non-hydrogen) atoms. The van der Waals surface area contributed by atoms with Gasteiger partial charge in [0, 0.05) is 26.2 Å². The van der Waals surface area contributed by atoms with E-state index in [4.69, 9.17) is 5.73 Å². The van der Waals surface area contributed by atoms with Gasteiger partial charge >= 0.3 is 6.18 Å². The van der Waals surface area contributed by atoms with E-state index in [1.807, 2.05) is 4.90 Å². The molecule has 0 aromatic carbocycles. The number of nitrogens with zero attached hydrogens (tertiary/aromatic N) is 3. The molecule has 0 aromatic rings. The van der Waals surface area contributed by atoms with Crippen LogP contribution in [0.3, 0.4) is 0 Å². The lowest BCUT2D eigenvalue weighted by atomic mass is 10.3. The lowest BCUT2D eigenvalue weighted by Gasteiger charge is -2.19. The molecule has 104 valence electrons. The van der Waals surface area contributed by atoms with E-state index in [2.05, 4.69) is 4.99 Å². The van der Waals surface area contributed by atoms with Gasteiger partial charge in [0.1, 0.15) is 0 Å². The third-order valence-corrected chi connectivity index (χ3v) is 3.40. The number of hydrogen-bond donors (Lipinski definition) is 1. The van der Waals surface area contributed by atoms with Crippen molar-refractivity contribution in [2.45, 2.75) is 31.5 Å². The smallest absolute Gasteiger partial charge is 0.370 e. The summed E-state index contributed by atoms with van der Waals surface area (Å²) in [7, 11) is 0. The zero-order chi connectivity index (χ0) is 13.2. The molecular formula is C11H19F3N4. The van der Waals surface area contributed by atoms with Crippen molar-refractivity contribution in [2.24, 2.45) is 10.7 Å². The third-order valence-electron chi connectivity index (χ3n) is 3.40. The third kappa shape index (κ3) is 3.76. The summed E-state index contributed by atoms with van der Waals surface area (Å²) in [4.78, 5) is 7.75. The number of rotatable bonds is 2. The van der Waals surface area contributed by atoms with Gasteiger partial charge in [-0.1, -0.05) is 0 Å². The van der Waals surface area contributed by atoms with E-state index in [0.717, 1.165) is 25.9 Å². The summed E-state index contributed by atoms with van der Waals surface area (Å²) in [5.41, 5.74) is 5.87. The maximum atomic E-state index is 12.2. The van der Waals surface area contributed by atoms with Gasteiger partial charge in [0.2, 0.25) is 0 Å². The van der Waals surface area contributed by atoms with Crippen LogP contribution in [-0.2, 0) is 0 Å². The Bertz CT molecular complexity index is 310. The summed E-state index contributed by atoms with van der Waals surface area (Å²) in [6.45, 7) is 1.78. The van der Waals surface area contributed by atoms with Crippen LogP contribution in [0.15, 0.2) is 4.99 Å². The molecule has 2 fully saturated rings. The highest BCUT2D eigenvalue weighted by atomic mass is 19.4. The maximum absolute atomic E-state index is 12.2. The number of guanidine groups is 1. The molecule has 2 rings (SSSR count). The number of likely N-dealkylation sites (tertiary alicyclic amines) is 2. The van der Waals surface area contributed by atoms with E-state index in [9.17, 15) is 13.2 Å². The normalized spacial score (nSPS) is 27.2. The Morgan fingerprint density at radius 2 is 1.89 bits per heavy atom. The molecule has 4 nitrogen and oxygen atoms in total. The first kappa shape index (κ1) is 13.5. The molecule has 0 aliphatic carbocycles. The van der Waals surface area contributed by atoms with Crippen LogP contribution < -0.4 is 5.73 Å². The number of nitrogens with two attached hydrogens (primary N) is 1. The fourth-order valence-electron chi connectivity index (χ4n) is 2.53. The molecule has 0 radical (unpaired) electrons. The summed E-state index contributed by atoms with van der Waals surface area (Å²) in [5.74, 6) is 0.492. The molecule has 2 saturated heterocycles. The molecule has 0 saturated carbocycles. The molecule has 0 amide bonds. The Morgan fingerprint density at radius 3 is 2.50 bits per heavy atom. The predicted octanol–water partition coefficient (Wildman–Crippen LogP) is 1.03. The molecular weight excluding hydrogens is 245 g/mol. The molecule has 0 spiro atoms. The van der Waals surface area contributed by atoms with Crippen molar-refractivity contribution in [3.63, 3.8) is 0 Å². The first-order valence-electron chi connectivity index (χ1n) is 6.31. The summed E-state index contributed by atoms with van der Waals surface area (Å²) in [6, 6.07) is -0.0899. The summed E-state index contributed by atoms with van der Waals surface area (Å²) in [5, 5.41) is 0. The van der Waals surface area contributed by atoms with Crippen LogP contribution in [0, 0.1) is 0 Å². The maximum Gasteiger partial charge on any atom is 0.401 e. The Balaban J connectivity index is 1.83. The molecule has 2 N–H and O–H groups in total. The van der Waals surface area contributed by atoms with E-state index >= 15 is 0 Å². The number of alkyl halides is 3. The lowest BCUT2D eigenvalue weighted by Crippen LogP contribution is -2.37. The van der Waals surface area contributed by atoms with E-state index < -0.39 is 12.7 Å². The van der Waals surface area contributed by atoms with Crippen LogP contribution in [0.1, 0.15) is 19.3 Å². The Hall–Kier alpha value is -0.980. The van der Waals surface area contributed by atoms with Crippen molar-refractivity contribution in [1.82, 2.24) is 9.80 Å².